The molecular weight excluding hydrogens is 176 g/mol. The smallest absolute Gasteiger partial charge is 0.0480 e. The van der Waals surface area contributed by atoms with Crippen LogP contribution in [0.5, 0.6) is 0 Å². The zero-order valence-electron chi connectivity index (χ0n) is 8.65. The third-order valence-corrected chi connectivity index (χ3v) is 2.03. The third kappa shape index (κ3) is 4.35. The molecule has 0 aliphatic heterocycles. The molecule has 78 valence electrons. The minimum atomic E-state index is 0.149. The molecule has 0 aliphatic carbocycles. The predicted molar refractivity (Wildman–Crippen MR) is 57.0 cm³/mol. The Balaban J connectivity index is 2.23. The first-order valence-electron chi connectivity index (χ1n) is 5.06. The summed E-state index contributed by atoms with van der Waals surface area (Å²) in [7, 11) is 0. The van der Waals surface area contributed by atoms with Crippen LogP contribution in [0, 0.1) is 0 Å². The van der Waals surface area contributed by atoms with Gasteiger partial charge in [0.05, 0.1) is 0 Å². The number of ether oxygens (including phenoxy) is 1. The summed E-state index contributed by atoms with van der Waals surface area (Å²) in [5.74, 6) is 0. The van der Waals surface area contributed by atoms with Crippen LogP contribution in [-0.2, 0) is 11.2 Å². The molecule has 0 fully saturated rings. The second-order valence-electron chi connectivity index (χ2n) is 3.27. The summed E-state index contributed by atoms with van der Waals surface area (Å²) in [5, 5.41) is 0. The van der Waals surface area contributed by atoms with E-state index in [0.29, 0.717) is 0 Å². The second-order valence-corrected chi connectivity index (χ2v) is 3.27. The van der Waals surface area contributed by atoms with Gasteiger partial charge in [-0.3, -0.25) is 4.98 Å². The summed E-state index contributed by atoms with van der Waals surface area (Å²) < 4.78 is 5.24. The molecule has 1 aromatic rings. The molecule has 0 amide bonds. The van der Waals surface area contributed by atoms with Gasteiger partial charge in [-0.05, 0) is 25.5 Å². The van der Waals surface area contributed by atoms with E-state index in [-0.39, 0.29) is 6.04 Å². The number of hydrogen-bond acceptors (Lipinski definition) is 3. The summed E-state index contributed by atoms with van der Waals surface area (Å²) in [6, 6.07) is 6.05. The van der Waals surface area contributed by atoms with Gasteiger partial charge in [-0.25, -0.2) is 0 Å². The van der Waals surface area contributed by atoms with Gasteiger partial charge in [0.15, 0.2) is 0 Å². The van der Waals surface area contributed by atoms with Crippen LogP contribution in [0.15, 0.2) is 24.4 Å². The van der Waals surface area contributed by atoms with Crippen LogP contribution in [0.1, 0.15) is 19.0 Å². The van der Waals surface area contributed by atoms with Crippen molar-refractivity contribution in [3.05, 3.63) is 30.1 Å². The number of nitrogens with zero attached hydrogens (tertiary/aromatic N) is 1. The SMILES string of the molecule is CCOCCC(N)Cc1ccccn1. The van der Waals surface area contributed by atoms with Gasteiger partial charge in [-0.1, -0.05) is 6.07 Å². The summed E-state index contributed by atoms with van der Waals surface area (Å²) in [4.78, 5) is 4.23. The van der Waals surface area contributed by atoms with Gasteiger partial charge in [-0.15, -0.1) is 0 Å². The van der Waals surface area contributed by atoms with Crippen LogP contribution in [0.3, 0.4) is 0 Å². The first-order chi connectivity index (χ1) is 6.83. The monoisotopic (exact) mass is 194 g/mol. The Hall–Kier alpha value is -0.930. The van der Waals surface area contributed by atoms with Gasteiger partial charge in [0.2, 0.25) is 0 Å². The normalized spacial score (nSPS) is 12.7. The Morgan fingerprint density at radius 3 is 3.00 bits per heavy atom. The molecule has 0 aromatic carbocycles. The first-order valence-corrected chi connectivity index (χ1v) is 5.06. The summed E-state index contributed by atoms with van der Waals surface area (Å²) >= 11 is 0. The second kappa shape index (κ2) is 6.51. The van der Waals surface area contributed by atoms with E-state index in [2.05, 4.69) is 4.98 Å². The van der Waals surface area contributed by atoms with Gasteiger partial charge in [0, 0.05) is 37.6 Å². The van der Waals surface area contributed by atoms with Crippen molar-refractivity contribution in [3.63, 3.8) is 0 Å². The van der Waals surface area contributed by atoms with Gasteiger partial charge in [-0.2, -0.15) is 0 Å². The molecule has 2 N–H and O–H groups in total. The number of hydrogen-bond donors (Lipinski definition) is 1. The molecule has 0 aliphatic rings. The molecular formula is C11H18N2O. The highest BCUT2D eigenvalue weighted by molar-refractivity contribution is 5.04. The molecule has 3 nitrogen and oxygen atoms in total. The van der Waals surface area contributed by atoms with Crippen LogP contribution < -0.4 is 5.73 Å². The Kier molecular flexibility index (Phi) is 5.19. The maximum Gasteiger partial charge on any atom is 0.0480 e. The van der Waals surface area contributed by atoms with Crippen LogP contribution in [-0.4, -0.2) is 24.2 Å². The number of nitrogens with two attached hydrogens (primary N) is 1. The fourth-order valence-corrected chi connectivity index (χ4v) is 1.27. The van der Waals surface area contributed by atoms with Crippen LogP contribution in [0.2, 0.25) is 0 Å². The Morgan fingerprint density at radius 1 is 1.50 bits per heavy atom. The van der Waals surface area contributed by atoms with Gasteiger partial charge in [0.1, 0.15) is 0 Å². The van der Waals surface area contributed by atoms with E-state index >= 15 is 0 Å². The standard InChI is InChI=1S/C11H18N2O/c1-2-14-8-6-10(12)9-11-5-3-4-7-13-11/h3-5,7,10H,2,6,8-9,12H2,1H3. The molecule has 1 atom stereocenters. The van der Waals surface area contributed by atoms with E-state index in [1.54, 1.807) is 6.20 Å². The molecule has 0 saturated carbocycles. The van der Waals surface area contributed by atoms with Crippen molar-refractivity contribution >= 4 is 0 Å². The molecule has 1 rings (SSSR count). The molecule has 0 saturated heterocycles. The summed E-state index contributed by atoms with van der Waals surface area (Å²) in [6.07, 6.45) is 3.52. The molecule has 14 heavy (non-hydrogen) atoms. The third-order valence-electron chi connectivity index (χ3n) is 2.03. The highest BCUT2D eigenvalue weighted by Crippen LogP contribution is 2.00. The molecule has 1 aromatic heterocycles. The topological polar surface area (TPSA) is 48.1 Å². The van der Waals surface area contributed by atoms with Crippen molar-refractivity contribution < 1.29 is 4.74 Å². The van der Waals surface area contributed by atoms with Crippen LogP contribution in [0.25, 0.3) is 0 Å². The van der Waals surface area contributed by atoms with Crippen molar-refractivity contribution in [1.29, 1.82) is 0 Å². The predicted octanol–water partition coefficient (Wildman–Crippen LogP) is 1.38. The van der Waals surface area contributed by atoms with Crippen molar-refractivity contribution in [1.82, 2.24) is 4.98 Å². The lowest BCUT2D eigenvalue weighted by atomic mass is 10.1. The maximum atomic E-state index is 5.93. The zero-order valence-corrected chi connectivity index (χ0v) is 8.65. The lowest BCUT2D eigenvalue weighted by molar-refractivity contribution is 0.140. The highest BCUT2D eigenvalue weighted by Gasteiger charge is 2.03. The van der Waals surface area contributed by atoms with Crippen molar-refractivity contribution in [2.24, 2.45) is 5.73 Å². The quantitative estimate of drug-likeness (QED) is 0.696. The molecule has 0 spiro atoms. The number of aromatic nitrogens is 1. The van der Waals surface area contributed by atoms with Crippen molar-refractivity contribution in [2.45, 2.75) is 25.8 Å². The lowest BCUT2D eigenvalue weighted by Crippen LogP contribution is -2.25. The number of pyridine rings is 1. The maximum absolute atomic E-state index is 5.93. The average molecular weight is 194 g/mol. The number of rotatable bonds is 6. The summed E-state index contributed by atoms with van der Waals surface area (Å²) in [5.41, 5.74) is 6.98. The molecule has 1 unspecified atom stereocenters. The largest absolute Gasteiger partial charge is 0.382 e. The van der Waals surface area contributed by atoms with E-state index in [0.717, 1.165) is 31.7 Å². The van der Waals surface area contributed by atoms with E-state index < -0.39 is 0 Å². The van der Waals surface area contributed by atoms with Crippen LogP contribution >= 0.6 is 0 Å². The first kappa shape index (κ1) is 11.1. The Bertz CT molecular complexity index is 238. The zero-order chi connectivity index (χ0) is 10.2. The molecule has 0 bridgehead atoms. The minimum Gasteiger partial charge on any atom is -0.382 e. The highest BCUT2D eigenvalue weighted by atomic mass is 16.5. The Labute approximate surface area is 85.3 Å². The van der Waals surface area contributed by atoms with Gasteiger partial charge >= 0.3 is 0 Å². The molecule has 3 heteroatoms. The van der Waals surface area contributed by atoms with E-state index in [9.17, 15) is 0 Å². The van der Waals surface area contributed by atoms with Crippen molar-refractivity contribution in [2.75, 3.05) is 13.2 Å². The molecule has 1 heterocycles. The summed E-state index contributed by atoms with van der Waals surface area (Å²) in [6.45, 7) is 3.49. The minimum absolute atomic E-state index is 0.149. The fraction of sp³-hybridized carbons (Fsp3) is 0.545. The van der Waals surface area contributed by atoms with E-state index in [1.165, 1.54) is 0 Å². The van der Waals surface area contributed by atoms with E-state index in [4.69, 9.17) is 10.5 Å². The van der Waals surface area contributed by atoms with Gasteiger partial charge < -0.3 is 10.5 Å². The average Bonchev–Trinajstić information content (AvgIpc) is 2.20. The fourth-order valence-electron chi connectivity index (χ4n) is 1.27. The van der Waals surface area contributed by atoms with Gasteiger partial charge in [0.25, 0.3) is 0 Å². The van der Waals surface area contributed by atoms with E-state index in [1.807, 2.05) is 25.1 Å². The lowest BCUT2D eigenvalue weighted by Gasteiger charge is -2.10. The Morgan fingerprint density at radius 2 is 2.36 bits per heavy atom. The van der Waals surface area contributed by atoms with Crippen molar-refractivity contribution in [3.8, 4) is 0 Å². The van der Waals surface area contributed by atoms with Crippen LogP contribution in [0.4, 0.5) is 0 Å². The molecule has 0 radical (unpaired) electrons.